The Hall–Kier alpha value is -2.34. The molecule has 1 aromatic heterocycles. The van der Waals surface area contributed by atoms with Crippen LogP contribution in [-0.4, -0.2) is 66.8 Å². The summed E-state index contributed by atoms with van der Waals surface area (Å²) in [6.45, 7) is 5.66. The van der Waals surface area contributed by atoms with Crippen LogP contribution in [0.3, 0.4) is 0 Å². The number of nitrogens with two attached hydrogens (primary N) is 1. The number of amides is 2. The number of β-lactam (4-membered cyclic amide) rings is 1. The fraction of sp³-hybridized carbons (Fsp3) is 0.650. The molecular weight excluding hydrogens is 454 g/mol. The van der Waals surface area contributed by atoms with Crippen LogP contribution in [0, 0.1) is 5.92 Å². The molecule has 4 rings (SSSR count). The van der Waals surface area contributed by atoms with Crippen LogP contribution in [0.25, 0.3) is 0 Å². The number of nitrogen functional groups attached to an aromatic ring is 1. The van der Waals surface area contributed by atoms with E-state index in [-0.39, 0.29) is 22.6 Å². The van der Waals surface area contributed by atoms with E-state index in [1.165, 1.54) is 28.0 Å². The third-order valence-corrected chi connectivity index (χ3v) is 8.50. The molecule has 0 radical (unpaired) electrons. The fourth-order valence-corrected chi connectivity index (χ4v) is 6.69. The number of hydrogen-bond donors (Lipinski definition) is 3. The number of carbonyl (C=O) groups is 3. The summed E-state index contributed by atoms with van der Waals surface area (Å²) >= 11 is 2.54. The first-order valence-electron chi connectivity index (χ1n) is 10.6. The number of carboxylic acid groups (broad SMARTS) is 1. The SMILES string of the molecule is C[C@H]1CCCC[C@H]1O/N=C(\C(=O)N[C@H]1C(=O)N2[C@@H]1SC(C)(C)[C@@H]2C(=O)O)c1csc(N)n1. The molecule has 32 heavy (non-hydrogen) atoms. The van der Waals surface area contributed by atoms with Crippen LogP contribution < -0.4 is 11.1 Å². The van der Waals surface area contributed by atoms with Crippen molar-refractivity contribution < 1.29 is 24.3 Å². The Morgan fingerprint density at radius 1 is 1.38 bits per heavy atom. The number of hydrogen-bond acceptors (Lipinski definition) is 9. The molecule has 0 spiro atoms. The molecule has 174 valence electrons. The van der Waals surface area contributed by atoms with Gasteiger partial charge in [-0.05, 0) is 39.0 Å². The van der Waals surface area contributed by atoms with E-state index >= 15 is 0 Å². The lowest BCUT2D eigenvalue weighted by atomic mass is 9.88. The summed E-state index contributed by atoms with van der Waals surface area (Å²) in [5.41, 5.74) is 5.98. The van der Waals surface area contributed by atoms with Crippen molar-refractivity contribution in [1.82, 2.24) is 15.2 Å². The number of thioether (sulfide) groups is 1. The number of carboxylic acids is 1. The summed E-state index contributed by atoms with van der Waals surface area (Å²) < 4.78 is -0.674. The van der Waals surface area contributed by atoms with E-state index < -0.39 is 40.0 Å². The van der Waals surface area contributed by atoms with Gasteiger partial charge in [-0.15, -0.1) is 23.1 Å². The van der Waals surface area contributed by atoms with Gasteiger partial charge in [0.05, 0.1) is 0 Å². The molecule has 2 saturated heterocycles. The molecule has 0 aromatic carbocycles. The van der Waals surface area contributed by atoms with E-state index in [2.05, 4.69) is 22.4 Å². The second-order valence-electron chi connectivity index (χ2n) is 8.97. The zero-order valence-corrected chi connectivity index (χ0v) is 19.7. The molecule has 4 N–H and O–H groups in total. The predicted molar refractivity (Wildman–Crippen MR) is 121 cm³/mol. The van der Waals surface area contributed by atoms with Gasteiger partial charge < -0.3 is 25.9 Å². The van der Waals surface area contributed by atoms with E-state index in [1.54, 1.807) is 19.2 Å². The standard InChI is InChI=1S/C20H27N5O5S2/c1-9-6-4-5-7-11(9)30-24-12(10-8-31-19(21)22-10)15(26)23-13-16(27)25-14(18(28)29)20(2,3)32-17(13)25/h8-9,11,13-14,17H,4-7H2,1-3H3,(H2,21,22)(H,23,26)(H,28,29)/b24-12-/t9-,11+,13-,14-,17+/m0/s1. The van der Waals surface area contributed by atoms with Crippen LogP contribution in [0.2, 0.25) is 0 Å². The minimum atomic E-state index is -1.06. The minimum absolute atomic E-state index is 0.0426. The van der Waals surface area contributed by atoms with Gasteiger partial charge in [-0.3, -0.25) is 9.59 Å². The summed E-state index contributed by atoms with van der Waals surface area (Å²) in [4.78, 5) is 48.8. The minimum Gasteiger partial charge on any atom is -0.480 e. The van der Waals surface area contributed by atoms with Crippen molar-refractivity contribution in [3.05, 3.63) is 11.1 Å². The quantitative estimate of drug-likeness (QED) is 0.316. The average molecular weight is 482 g/mol. The van der Waals surface area contributed by atoms with Crippen molar-refractivity contribution in [2.24, 2.45) is 11.1 Å². The lowest BCUT2D eigenvalue weighted by Gasteiger charge is -2.43. The predicted octanol–water partition coefficient (Wildman–Crippen LogP) is 1.66. The van der Waals surface area contributed by atoms with Gasteiger partial charge in [0, 0.05) is 10.1 Å². The van der Waals surface area contributed by atoms with Crippen molar-refractivity contribution >= 4 is 51.7 Å². The molecular formula is C20H27N5O5S2. The van der Waals surface area contributed by atoms with Crippen molar-refractivity contribution in [3.8, 4) is 0 Å². The molecule has 0 bridgehead atoms. The van der Waals surface area contributed by atoms with E-state index in [9.17, 15) is 19.5 Å². The first kappa shape index (κ1) is 22.8. The number of fused-ring (bicyclic) bond motifs is 1. The van der Waals surface area contributed by atoms with Gasteiger partial charge >= 0.3 is 5.97 Å². The lowest BCUT2D eigenvalue weighted by molar-refractivity contribution is -0.160. The molecule has 3 fully saturated rings. The maximum atomic E-state index is 13.1. The molecule has 10 nitrogen and oxygen atoms in total. The molecule has 1 aromatic rings. The third kappa shape index (κ3) is 4.05. The number of anilines is 1. The Morgan fingerprint density at radius 3 is 2.72 bits per heavy atom. The fourth-order valence-electron chi connectivity index (χ4n) is 4.52. The molecule has 3 aliphatic rings. The molecule has 1 saturated carbocycles. The first-order chi connectivity index (χ1) is 15.1. The average Bonchev–Trinajstić information content (AvgIpc) is 3.26. The number of nitrogens with zero attached hydrogens (tertiary/aromatic N) is 3. The van der Waals surface area contributed by atoms with Crippen LogP contribution >= 0.6 is 23.1 Å². The summed E-state index contributed by atoms with van der Waals surface area (Å²) in [5.74, 6) is -1.76. The van der Waals surface area contributed by atoms with Crippen LogP contribution in [0.1, 0.15) is 52.1 Å². The highest BCUT2D eigenvalue weighted by molar-refractivity contribution is 8.01. The summed E-state index contributed by atoms with van der Waals surface area (Å²) in [5, 5.41) is 17.9. The van der Waals surface area contributed by atoms with Gasteiger partial charge in [-0.1, -0.05) is 18.5 Å². The number of carbonyl (C=O) groups excluding carboxylic acids is 2. The highest BCUT2D eigenvalue weighted by atomic mass is 32.2. The Labute approximate surface area is 193 Å². The van der Waals surface area contributed by atoms with E-state index in [4.69, 9.17) is 10.6 Å². The van der Waals surface area contributed by atoms with Gasteiger partial charge in [0.25, 0.3) is 5.91 Å². The number of thiazole rings is 1. The Bertz CT molecular complexity index is 964. The van der Waals surface area contributed by atoms with Crippen molar-refractivity contribution in [2.75, 3.05) is 5.73 Å². The zero-order chi connectivity index (χ0) is 23.2. The zero-order valence-electron chi connectivity index (χ0n) is 18.1. The van der Waals surface area contributed by atoms with Crippen LogP contribution in [-0.2, 0) is 19.2 Å². The second-order valence-corrected chi connectivity index (χ2v) is 11.6. The third-order valence-electron chi connectivity index (χ3n) is 6.25. The first-order valence-corrected chi connectivity index (χ1v) is 12.3. The second kappa shape index (κ2) is 8.54. The van der Waals surface area contributed by atoms with Crippen molar-refractivity contribution in [1.29, 1.82) is 0 Å². The number of nitrogens with one attached hydrogen (secondary N) is 1. The smallest absolute Gasteiger partial charge is 0.327 e. The van der Waals surface area contributed by atoms with Gasteiger partial charge in [0.15, 0.2) is 10.8 Å². The van der Waals surface area contributed by atoms with Crippen molar-refractivity contribution in [2.45, 2.75) is 74.8 Å². The summed E-state index contributed by atoms with van der Waals surface area (Å²) in [6.07, 6.45) is 4.00. The maximum Gasteiger partial charge on any atom is 0.327 e. The molecule has 3 heterocycles. The topological polar surface area (TPSA) is 147 Å². The van der Waals surface area contributed by atoms with E-state index in [1.807, 2.05) is 0 Å². The number of rotatable bonds is 6. The number of aliphatic carboxylic acids is 1. The maximum absolute atomic E-state index is 13.1. The number of aromatic nitrogens is 1. The van der Waals surface area contributed by atoms with Gasteiger partial charge in [0.1, 0.15) is 29.3 Å². The van der Waals surface area contributed by atoms with E-state index in [0.29, 0.717) is 5.92 Å². The van der Waals surface area contributed by atoms with Crippen LogP contribution in [0.4, 0.5) is 5.13 Å². The Morgan fingerprint density at radius 2 is 2.09 bits per heavy atom. The Kier molecular flexibility index (Phi) is 6.10. The normalized spacial score (nSPS) is 31.6. The summed E-state index contributed by atoms with van der Waals surface area (Å²) in [7, 11) is 0. The number of oxime groups is 1. The molecule has 2 aliphatic heterocycles. The highest BCUT2D eigenvalue weighted by Gasteiger charge is 2.64. The monoisotopic (exact) mass is 481 g/mol. The van der Waals surface area contributed by atoms with Gasteiger partial charge in [0.2, 0.25) is 5.91 Å². The van der Waals surface area contributed by atoms with Crippen LogP contribution in [0.5, 0.6) is 0 Å². The lowest BCUT2D eigenvalue weighted by Crippen LogP contribution is -2.71. The molecule has 2 amide bonds. The van der Waals surface area contributed by atoms with Crippen molar-refractivity contribution in [3.63, 3.8) is 0 Å². The van der Waals surface area contributed by atoms with Gasteiger partial charge in [-0.25, -0.2) is 9.78 Å². The summed E-state index contributed by atoms with van der Waals surface area (Å²) in [6, 6.07) is -1.79. The van der Waals surface area contributed by atoms with E-state index in [0.717, 1.165) is 25.7 Å². The highest BCUT2D eigenvalue weighted by Crippen LogP contribution is 2.50. The molecule has 5 atom stereocenters. The molecule has 1 aliphatic carbocycles. The molecule has 0 unspecified atom stereocenters. The van der Waals surface area contributed by atoms with Gasteiger partial charge in [-0.2, -0.15) is 0 Å². The molecule has 12 heteroatoms. The van der Waals surface area contributed by atoms with Crippen LogP contribution in [0.15, 0.2) is 10.5 Å². The largest absolute Gasteiger partial charge is 0.480 e. The Balaban J connectivity index is 1.52.